The summed E-state index contributed by atoms with van der Waals surface area (Å²) >= 11 is 0. The van der Waals surface area contributed by atoms with Gasteiger partial charge in [-0.1, -0.05) is 6.07 Å². The van der Waals surface area contributed by atoms with Gasteiger partial charge in [-0.05, 0) is 24.3 Å². The summed E-state index contributed by atoms with van der Waals surface area (Å²) in [5.41, 5.74) is 2.91. The second-order valence-corrected chi connectivity index (χ2v) is 9.86. The van der Waals surface area contributed by atoms with Gasteiger partial charge in [-0.2, -0.15) is 0 Å². The molecule has 4 aromatic rings. The highest BCUT2D eigenvalue weighted by atomic mass is 31.2. The molecule has 0 amide bonds. The van der Waals surface area contributed by atoms with Crippen molar-refractivity contribution in [3.8, 4) is 17.1 Å². The van der Waals surface area contributed by atoms with E-state index >= 15 is 0 Å². The number of piperazine rings is 1. The van der Waals surface area contributed by atoms with Crippen molar-refractivity contribution in [2.24, 2.45) is 0 Å². The minimum atomic E-state index is -4.45. The van der Waals surface area contributed by atoms with Crippen LogP contribution in [0.5, 0.6) is 5.75 Å². The first-order valence-corrected chi connectivity index (χ1v) is 13.4. The fourth-order valence-corrected chi connectivity index (χ4v) is 4.65. The summed E-state index contributed by atoms with van der Waals surface area (Å²) in [5, 5.41) is 3.13. The number of nitrogens with one attached hydrogen (secondary N) is 1. The highest BCUT2D eigenvalue weighted by molar-refractivity contribution is 7.46. The third-order valence-electron chi connectivity index (χ3n) is 6.24. The normalized spacial score (nSPS) is 14.7. The van der Waals surface area contributed by atoms with E-state index in [0.29, 0.717) is 29.3 Å². The predicted molar refractivity (Wildman–Crippen MR) is 139 cm³/mol. The summed E-state index contributed by atoms with van der Waals surface area (Å²) < 4.78 is 37.4. The maximum atomic E-state index is 14.7. The first kappa shape index (κ1) is 26.0. The fraction of sp³-hybridized carbons (Fsp3) is 0.292. The standard InChI is InChI=1S/C24H27FN7O5P/c1-36-21-14-17(31-10-8-30(9-11-31)12-13-37-38(33,34)35)5-6-19(21)28-24-27-15-18(25)23(29-24)20-16-26-22-4-2-3-7-32(20)22/h2-7,14-16H,8-13H2,1H3,(H,27,28,29)(H2,33,34,35). The van der Waals surface area contributed by atoms with Crippen LogP contribution in [0, 0.1) is 5.82 Å². The molecular formula is C24H27FN7O5P. The average Bonchev–Trinajstić information content (AvgIpc) is 3.34. The number of aromatic nitrogens is 4. The number of rotatable bonds is 9. The van der Waals surface area contributed by atoms with E-state index in [2.05, 4.69) is 34.6 Å². The number of hydrogen-bond donors (Lipinski definition) is 3. The molecule has 0 radical (unpaired) electrons. The van der Waals surface area contributed by atoms with Crippen molar-refractivity contribution < 1.29 is 28.0 Å². The Balaban J connectivity index is 1.28. The van der Waals surface area contributed by atoms with Gasteiger partial charge in [-0.25, -0.2) is 23.9 Å². The van der Waals surface area contributed by atoms with E-state index < -0.39 is 13.6 Å². The summed E-state index contributed by atoms with van der Waals surface area (Å²) in [4.78, 5) is 34.8. The van der Waals surface area contributed by atoms with E-state index in [1.54, 1.807) is 23.9 Å². The van der Waals surface area contributed by atoms with Crippen molar-refractivity contribution in [1.29, 1.82) is 0 Å². The Hall–Kier alpha value is -3.61. The van der Waals surface area contributed by atoms with Crippen molar-refractivity contribution >= 4 is 30.8 Å². The number of halogens is 1. The van der Waals surface area contributed by atoms with Crippen molar-refractivity contribution in [3.63, 3.8) is 0 Å². The van der Waals surface area contributed by atoms with Crippen LogP contribution in [-0.2, 0) is 9.09 Å². The van der Waals surface area contributed by atoms with Crippen LogP contribution in [0.3, 0.4) is 0 Å². The Morgan fingerprint density at radius 3 is 2.68 bits per heavy atom. The van der Waals surface area contributed by atoms with E-state index in [4.69, 9.17) is 14.5 Å². The summed E-state index contributed by atoms with van der Waals surface area (Å²) in [6.45, 7) is 3.33. The van der Waals surface area contributed by atoms with Gasteiger partial charge in [0.05, 0.1) is 37.5 Å². The molecule has 1 fully saturated rings. The average molecular weight is 543 g/mol. The first-order valence-electron chi connectivity index (χ1n) is 11.9. The van der Waals surface area contributed by atoms with E-state index in [1.807, 2.05) is 36.4 Å². The number of methoxy groups -OCH3 is 1. The van der Waals surface area contributed by atoms with E-state index in [-0.39, 0.29) is 18.2 Å². The van der Waals surface area contributed by atoms with E-state index in [0.717, 1.165) is 38.1 Å². The summed E-state index contributed by atoms with van der Waals surface area (Å²) in [6.07, 6.45) is 4.49. The number of fused-ring (bicyclic) bond motifs is 1. The maximum absolute atomic E-state index is 14.7. The lowest BCUT2D eigenvalue weighted by Gasteiger charge is -2.36. The molecule has 38 heavy (non-hydrogen) atoms. The number of pyridine rings is 1. The number of nitrogens with zero attached hydrogens (tertiary/aromatic N) is 6. The van der Waals surface area contributed by atoms with Crippen LogP contribution < -0.4 is 15.0 Å². The molecule has 0 spiro atoms. The third kappa shape index (κ3) is 5.93. The topological polar surface area (TPSA) is 138 Å². The molecule has 5 rings (SSSR count). The molecule has 1 aromatic carbocycles. The van der Waals surface area contributed by atoms with Gasteiger partial charge in [-0.15, -0.1) is 0 Å². The molecule has 0 saturated carbocycles. The molecule has 1 aliphatic heterocycles. The second-order valence-electron chi connectivity index (χ2n) is 8.62. The minimum absolute atomic E-state index is 0.0249. The van der Waals surface area contributed by atoms with Gasteiger partial charge >= 0.3 is 7.82 Å². The Morgan fingerprint density at radius 2 is 1.92 bits per heavy atom. The van der Waals surface area contributed by atoms with Crippen molar-refractivity contribution in [3.05, 3.63) is 60.8 Å². The largest absolute Gasteiger partial charge is 0.494 e. The van der Waals surface area contributed by atoms with Gasteiger partial charge in [0.2, 0.25) is 5.95 Å². The Kier molecular flexibility index (Phi) is 7.54. The molecule has 0 bridgehead atoms. The Morgan fingerprint density at radius 1 is 1.11 bits per heavy atom. The van der Waals surface area contributed by atoms with Crippen LogP contribution in [-0.4, -0.2) is 80.5 Å². The van der Waals surface area contributed by atoms with Crippen molar-refractivity contribution in [1.82, 2.24) is 24.3 Å². The number of phosphoric ester groups is 1. The highest BCUT2D eigenvalue weighted by Gasteiger charge is 2.21. The molecule has 14 heteroatoms. The zero-order chi connectivity index (χ0) is 26.7. The lowest BCUT2D eigenvalue weighted by Crippen LogP contribution is -2.47. The number of phosphoric acid groups is 1. The number of hydrogen-bond acceptors (Lipinski definition) is 9. The zero-order valence-corrected chi connectivity index (χ0v) is 21.5. The molecule has 3 aromatic heterocycles. The third-order valence-corrected chi connectivity index (χ3v) is 6.76. The van der Waals surface area contributed by atoms with Crippen molar-refractivity contribution in [2.75, 3.05) is 56.7 Å². The highest BCUT2D eigenvalue weighted by Crippen LogP contribution is 2.35. The van der Waals surface area contributed by atoms with Crippen LogP contribution in [0.4, 0.5) is 21.7 Å². The van der Waals surface area contributed by atoms with Crippen LogP contribution in [0.2, 0.25) is 0 Å². The Bertz CT molecular complexity index is 1470. The molecular weight excluding hydrogens is 516 g/mol. The number of benzene rings is 1. The van der Waals surface area contributed by atoms with Gasteiger partial charge in [0.25, 0.3) is 0 Å². The number of ether oxygens (including phenoxy) is 1. The summed E-state index contributed by atoms with van der Waals surface area (Å²) in [5.74, 6) is 0.227. The van der Waals surface area contributed by atoms with Crippen LogP contribution in [0.25, 0.3) is 17.0 Å². The molecule has 0 unspecified atom stereocenters. The quantitative estimate of drug-likeness (QED) is 0.269. The molecule has 12 nitrogen and oxygen atoms in total. The molecule has 1 aliphatic rings. The predicted octanol–water partition coefficient (Wildman–Crippen LogP) is 2.91. The zero-order valence-electron chi connectivity index (χ0n) is 20.6. The number of anilines is 3. The van der Waals surface area contributed by atoms with E-state index in [1.165, 1.54) is 0 Å². The van der Waals surface area contributed by atoms with Gasteiger partial charge in [-0.3, -0.25) is 13.8 Å². The van der Waals surface area contributed by atoms with Gasteiger partial charge in [0.15, 0.2) is 5.82 Å². The van der Waals surface area contributed by atoms with E-state index in [9.17, 15) is 8.96 Å². The number of imidazole rings is 1. The smallest absolute Gasteiger partial charge is 0.469 e. The monoisotopic (exact) mass is 543 g/mol. The molecule has 0 aliphatic carbocycles. The molecule has 200 valence electrons. The fourth-order valence-electron chi connectivity index (χ4n) is 4.33. The van der Waals surface area contributed by atoms with Crippen LogP contribution in [0.1, 0.15) is 0 Å². The van der Waals surface area contributed by atoms with Crippen LogP contribution in [0.15, 0.2) is 55.0 Å². The SMILES string of the molecule is COc1cc(N2CCN(CCOP(=O)(O)O)CC2)ccc1Nc1ncc(F)c(-c2cnc3ccccn23)n1. The maximum Gasteiger partial charge on any atom is 0.469 e. The summed E-state index contributed by atoms with van der Waals surface area (Å²) in [6, 6.07) is 11.2. The van der Waals surface area contributed by atoms with Gasteiger partial charge in [0.1, 0.15) is 17.1 Å². The molecule has 3 N–H and O–H groups in total. The second kappa shape index (κ2) is 11.0. The Labute approximate surface area is 217 Å². The minimum Gasteiger partial charge on any atom is -0.494 e. The van der Waals surface area contributed by atoms with Crippen molar-refractivity contribution in [2.45, 2.75) is 0 Å². The van der Waals surface area contributed by atoms with Gasteiger partial charge < -0.3 is 24.7 Å². The first-order chi connectivity index (χ1) is 18.3. The van der Waals surface area contributed by atoms with Gasteiger partial charge in [0, 0.05) is 50.7 Å². The summed E-state index contributed by atoms with van der Waals surface area (Å²) in [7, 11) is -2.88. The molecule has 4 heterocycles. The lowest BCUT2D eigenvalue weighted by molar-refractivity contribution is 0.157. The molecule has 1 saturated heterocycles. The lowest BCUT2D eigenvalue weighted by atomic mass is 10.2. The van der Waals surface area contributed by atoms with Crippen LogP contribution >= 0.6 is 7.82 Å². The molecule has 0 atom stereocenters.